The molecular weight excluding hydrogens is 651 g/mol. The van der Waals surface area contributed by atoms with Crippen molar-refractivity contribution in [1.82, 2.24) is 0 Å². The molecule has 0 aromatic heterocycles. The van der Waals surface area contributed by atoms with Gasteiger partial charge in [-0.15, -0.1) is 0 Å². The van der Waals surface area contributed by atoms with Crippen LogP contribution in [0.3, 0.4) is 0 Å². The minimum Gasteiger partial charge on any atom is -0.462 e. The van der Waals surface area contributed by atoms with Crippen molar-refractivity contribution in [1.29, 1.82) is 0 Å². The number of hydrogen-bond acceptors (Lipinski definition) is 6. The summed E-state index contributed by atoms with van der Waals surface area (Å²) in [4.78, 5) is 42.8. The Hall–Kier alpha value is -1.73. The van der Waals surface area contributed by atoms with Gasteiger partial charge in [-0.2, -0.15) is 0 Å². The minimum absolute atomic E-state index is 0.207. The van der Waals surface area contributed by atoms with Gasteiger partial charge in [-0.25, -0.2) is 4.57 Å². The highest BCUT2D eigenvalue weighted by molar-refractivity contribution is 7.46. The lowest BCUT2D eigenvalue weighted by Crippen LogP contribution is -2.29. The van der Waals surface area contributed by atoms with Crippen LogP contribution in [-0.4, -0.2) is 41.0 Å². The summed E-state index contributed by atoms with van der Waals surface area (Å²) in [6.07, 6.45) is 42.9. The van der Waals surface area contributed by atoms with Gasteiger partial charge in [0.05, 0.1) is 6.61 Å². The highest BCUT2D eigenvalue weighted by Crippen LogP contribution is 2.36. The lowest BCUT2D eigenvalue weighted by atomic mass is 10.0. The van der Waals surface area contributed by atoms with Crippen LogP contribution >= 0.6 is 7.82 Å². The quantitative estimate of drug-likeness (QED) is 0.0281. The molecule has 0 amide bonds. The minimum atomic E-state index is -4.76. The number of unbranched alkanes of at least 4 members (excludes halogenated alkanes) is 21. The van der Waals surface area contributed by atoms with Crippen LogP contribution in [0.15, 0.2) is 36.5 Å². The summed E-state index contributed by atoms with van der Waals surface area (Å²) >= 11 is 0. The van der Waals surface area contributed by atoms with E-state index in [1.165, 1.54) is 103 Å². The Morgan fingerprint density at radius 3 is 1.38 bits per heavy atom. The van der Waals surface area contributed by atoms with Crippen molar-refractivity contribution < 1.29 is 37.9 Å². The molecule has 0 fully saturated rings. The topological polar surface area (TPSA) is 119 Å². The second-order valence-corrected chi connectivity index (χ2v) is 14.9. The van der Waals surface area contributed by atoms with E-state index in [9.17, 15) is 14.2 Å². The van der Waals surface area contributed by atoms with Gasteiger partial charge in [0.1, 0.15) is 6.61 Å². The molecule has 0 aromatic rings. The molecule has 0 unspecified atom stereocenters. The van der Waals surface area contributed by atoms with Crippen LogP contribution in [0.25, 0.3) is 0 Å². The predicted molar refractivity (Wildman–Crippen MR) is 207 cm³/mol. The van der Waals surface area contributed by atoms with Crippen molar-refractivity contribution in [2.24, 2.45) is 0 Å². The Bertz CT molecular complexity index is 910. The first-order valence-corrected chi connectivity index (χ1v) is 21.8. The molecule has 2 N–H and O–H groups in total. The molecule has 0 saturated carbocycles. The molecule has 292 valence electrons. The van der Waals surface area contributed by atoms with E-state index < -0.39 is 32.5 Å². The number of allylic oxidation sites excluding steroid dienone is 6. The van der Waals surface area contributed by atoms with E-state index in [4.69, 9.17) is 19.3 Å². The molecular formula is C41H75O8P. The van der Waals surface area contributed by atoms with Gasteiger partial charge in [0, 0.05) is 12.8 Å². The second kappa shape index (κ2) is 37.0. The van der Waals surface area contributed by atoms with Crippen molar-refractivity contribution in [3.63, 3.8) is 0 Å². The van der Waals surface area contributed by atoms with Crippen LogP contribution in [0, 0.1) is 0 Å². The molecule has 0 heterocycles. The van der Waals surface area contributed by atoms with Gasteiger partial charge in [-0.1, -0.05) is 166 Å². The summed E-state index contributed by atoms with van der Waals surface area (Å²) in [5.74, 6) is -0.924. The summed E-state index contributed by atoms with van der Waals surface area (Å²) in [5.41, 5.74) is 0. The van der Waals surface area contributed by atoms with E-state index >= 15 is 0 Å². The highest BCUT2D eigenvalue weighted by atomic mass is 31.2. The lowest BCUT2D eigenvalue weighted by molar-refractivity contribution is -0.161. The SMILES string of the molecule is CCCCC/C=C/C/C=C/C/C=C/CCCCC(=O)OC[C@H](COP(=O)(O)O)OC(=O)CCCCCCCCCCCCCCCCCCC. The second-order valence-electron chi connectivity index (χ2n) is 13.6. The van der Waals surface area contributed by atoms with Gasteiger partial charge >= 0.3 is 19.8 Å². The molecule has 8 nitrogen and oxygen atoms in total. The number of phosphoric ester groups is 1. The van der Waals surface area contributed by atoms with Gasteiger partial charge in [-0.05, 0) is 51.4 Å². The molecule has 0 aliphatic heterocycles. The fraction of sp³-hybridized carbons (Fsp3) is 0.805. The molecule has 0 bridgehead atoms. The number of hydrogen-bond donors (Lipinski definition) is 2. The summed E-state index contributed by atoms with van der Waals surface area (Å²) in [6.45, 7) is 3.63. The Labute approximate surface area is 306 Å². The van der Waals surface area contributed by atoms with E-state index in [-0.39, 0.29) is 19.4 Å². The number of esters is 2. The van der Waals surface area contributed by atoms with Gasteiger partial charge in [0.15, 0.2) is 6.10 Å². The molecule has 50 heavy (non-hydrogen) atoms. The van der Waals surface area contributed by atoms with E-state index in [0.29, 0.717) is 12.8 Å². The van der Waals surface area contributed by atoms with Crippen LogP contribution in [0.4, 0.5) is 0 Å². The number of ether oxygens (including phenoxy) is 2. The molecule has 9 heteroatoms. The fourth-order valence-electron chi connectivity index (χ4n) is 5.61. The van der Waals surface area contributed by atoms with Crippen molar-refractivity contribution in [3.8, 4) is 0 Å². The zero-order valence-electron chi connectivity index (χ0n) is 32.0. The summed E-state index contributed by atoms with van der Waals surface area (Å²) in [7, 11) is -4.76. The van der Waals surface area contributed by atoms with E-state index in [1.54, 1.807) is 0 Å². The Morgan fingerprint density at radius 1 is 0.520 bits per heavy atom. The third-order valence-electron chi connectivity index (χ3n) is 8.66. The molecule has 0 saturated heterocycles. The smallest absolute Gasteiger partial charge is 0.462 e. The normalized spacial score (nSPS) is 12.8. The molecule has 0 rings (SSSR count). The Kier molecular flexibility index (Phi) is 35.8. The summed E-state index contributed by atoms with van der Waals surface area (Å²) in [5, 5.41) is 0. The van der Waals surface area contributed by atoms with Crippen molar-refractivity contribution in [2.45, 2.75) is 200 Å². The molecule has 0 aromatic carbocycles. The van der Waals surface area contributed by atoms with Crippen LogP contribution < -0.4 is 0 Å². The first-order chi connectivity index (χ1) is 24.3. The third kappa shape index (κ3) is 39.1. The zero-order chi connectivity index (χ0) is 36.8. The summed E-state index contributed by atoms with van der Waals surface area (Å²) in [6, 6.07) is 0. The van der Waals surface area contributed by atoms with Gasteiger partial charge in [0.25, 0.3) is 0 Å². The van der Waals surface area contributed by atoms with Crippen LogP contribution in [0.1, 0.15) is 194 Å². The highest BCUT2D eigenvalue weighted by Gasteiger charge is 2.22. The molecule has 0 aliphatic carbocycles. The standard InChI is InChI=1S/C41H75O8P/c1-3-5-7-9-11-13-15-17-19-20-22-24-26-28-30-32-34-36-41(43)49-39(38-48-50(44,45)46)37-47-40(42)35-33-31-29-27-25-23-21-18-16-14-12-10-8-6-4-2/h12,14,18,21,25,27,39H,3-11,13,15-17,19-20,22-24,26,28-38H2,1-2H3,(H2,44,45,46)/b14-12+,21-18+,27-25+/t39-/m1/s1. The maximum absolute atomic E-state index is 12.4. The molecule has 0 aliphatic rings. The Balaban J connectivity index is 3.97. The largest absolute Gasteiger partial charge is 0.469 e. The van der Waals surface area contributed by atoms with Crippen molar-refractivity contribution in [3.05, 3.63) is 36.5 Å². The van der Waals surface area contributed by atoms with Crippen molar-refractivity contribution in [2.75, 3.05) is 13.2 Å². The lowest BCUT2D eigenvalue weighted by Gasteiger charge is -2.18. The summed E-state index contributed by atoms with van der Waals surface area (Å²) < 4.78 is 26.3. The zero-order valence-corrected chi connectivity index (χ0v) is 32.9. The van der Waals surface area contributed by atoms with E-state index in [2.05, 4.69) is 54.8 Å². The average molecular weight is 727 g/mol. The maximum atomic E-state index is 12.4. The molecule has 1 atom stereocenters. The maximum Gasteiger partial charge on any atom is 0.469 e. The van der Waals surface area contributed by atoms with E-state index in [1.807, 2.05) is 0 Å². The third-order valence-corrected chi connectivity index (χ3v) is 9.15. The number of rotatable bonds is 37. The molecule has 0 radical (unpaired) electrons. The Morgan fingerprint density at radius 2 is 0.900 bits per heavy atom. The van der Waals surface area contributed by atoms with Crippen LogP contribution in [0.5, 0.6) is 0 Å². The number of phosphoric acid groups is 1. The molecule has 0 spiro atoms. The number of carbonyl (C=O) groups excluding carboxylic acids is 2. The number of carbonyl (C=O) groups is 2. The average Bonchev–Trinajstić information content (AvgIpc) is 3.08. The van der Waals surface area contributed by atoms with Gasteiger partial charge in [0.2, 0.25) is 0 Å². The van der Waals surface area contributed by atoms with Gasteiger partial charge in [-0.3, -0.25) is 14.1 Å². The van der Waals surface area contributed by atoms with Gasteiger partial charge < -0.3 is 19.3 Å². The van der Waals surface area contributed by atoms with Crippen molar-refractivity contribution >= 4 is 19.8 Å². The van der Waals surface area contributed by atoms with Crippen LogP contribution in [0.2, 0.25) is 0 Å². The van der Waals surface area contributed by atoms with Crippen LogP contribution in [-0.2, 0) is 28.2 Å². The predicted octanol–water partition coefficient (Wildman–Crippen LogP) is 12.2. The van der Waals surface area contributed by atoms with E-state index in [0.717, 1.165) is 51.4 Å². The first kappa shape index (κ1) is 48.3. The first-order valence-electron chi connectivity index (χ1n) is 20.3. The fourth-order valence-corrected chi connectivity index (χ4v) is 5.98. The monoisotopic (exact) mass is 727 g/mol.